The van der Waals surface area contributed by atoms with Crippen molar-refractivity contribution in [3.8, 4) is 0 Å². The standard InChI is InChI=1S/C18H26N4O3/c1-25-10-9-22-14-18(5-3-16(22)23)4-2-8-21(13-18)17(24)11-15-12-19-6-7-20-15/h6-7,12H,2-5,8-11,13-14H2,1H3/t18-/m1/s1. The molecule has 3 rings (SSSR count). The minimum absolute atomic E-state index is 0.0257. The Morgan fingerprint density at radius 3 is 2.96 bits per heavy atom. The molecule has 7 nitrogen and oxygen atoms in total. The Morgan fingerprint density at radius 2 is 2.20 bits per heavy atom. The monoisotopic (exact) mass is 346 g/mol. The lowest BCUT2D eigenvalue weighted by Crippen LogP contribution is -2.55. The van der Waals surface area contributed by atoms with Crippen LogP contribution in [-0.4, -0.2) is 71.5 Å². The third kappa shape index (κ3) is 4.34. The highest BCUT2D eigenvalue weighted by Gasteiger charge is 2.42. The maximum absolute atomic E-state index is 12.7. The smallest absolute Gasteiger partial charge is 0.228 e. The lowest BCUT2D eigenvalue weighted by Gasteiger charge is -2.48. The molecule has 7 heteroatoms. The molecule has 136 valence electrons. The maximum atomic E-state index is 12.7. The summed E-state index contributed by atoms with van der Waals surface area (Å²) < 4.78 is 5.12. The van der Waals surface area contributed by atoms with Crippen LogP contribution < -0.4 is 0 Å². The van der Waals surface area contributed by atoms with Gasteiger partial charge < -0.3 is 14.5 Å². The molecule has 2 aliphatic heterocycles. The van der Waals surface area contributed by atoms with Crippen molar-refractivity contribution < 1.29 is 14.3 Å². The van der Waals surface area contributed by atoms with Gasteiger partial charge in [-0.15, -0.1) is 0 Å². The summed E-state index contributed by atoms with van der Waals surface area (Å²) in [6.07, 6.45) is 8.63. The number of hydrogen-bond donors (Lipinski definition) is 0. The number of amides is 2. The highest BCUT2D eigenvalue weighted by molar-refractivity contribution is 5.79. The normalized spacial score (nSPS) is 24.0. The van der Waals surface area contributed by atoms with E-state index in [4.69, 9.17) is 4.74 Å². The first-order valence-corrected chi connectivity index (χ1v) is 8.91. The van der Waals surface area contributed by atoms with E-state index in [2.05, 4.69) is 9.97 Å². The quantitative estimate of drug-likeness (QED) is 0.792. The molecule has 0 saturated carbocycles. The molecule has 2 fully saturated rings. The molecule has 0 aliphatic carbocycles. The number of aromatic nitrogens is 2. The number of carbonyl (C=O) groups is 2. The Morgan fingerprint density at radius 1 is 1.32 bits per heavy atom. The Bertz CT molecular complexity index is 610. The van der Waals surface area contributed by atoms with E-state index < -0.39 is 0 Å². The minimum Gasteiger partial charge on any atom is -0.383 e. The number of rotatable bonds is 5. The Kier molecular flexibility index (Phi) is 5.63. The molecule has 0 N–H and O–H groups in total. The lowest BCUT2D eigenvalue weighted by atomic mass is 9.73. The van der Waals surface area contributed by atoms with Crippen LogP contribution in [0.3, 0.4) is 0 Å². The summed E-state index contributed by atoms with van der Waals surface area (Å²) in [6, 6.07) is 0. The van der Waals surface area contributed by atoms with E-state index in [1.165, 1.54) is 0 Å². The van der Waals surface area contributed by atoms with E-state index >= 15 is 0 Å². The fourth-order valence-corrected chi connectivity index (χ4v) is 3.95. The SMILES string of the molecule is COCCN1C[C@]2(CCCN(C(=O)Cc3cnccn3)C2)CCC1=O. The van der Waals surface area contributed by atoms with Gasteiger partial charge in [-0.25, -0.2) is 0 Å². The van der Waals surface area contributed by atoms with Crippen molar-refractivity contribution in [3.05, 3.63) is 24.3 Å². The van der Waals surface area contributed by atoms with Gasteiger partial charge in [0.05, 0.1) is 18.7 Å². The number of ether oxygens (including phenoxy) is 1. The predicted octanol–water partition coefficient (Wildman–Crippen LogP) is 0.897. The molecule has 3 heterocycles. The second-order valence-corrected chi connectivity index (χ2v) is 7.10. The number of methoxy groups -OCH3 is 1. The summed E-state index contributed by atoms with van der Waals surface area (Å²) in [7, 11) is 1.65. The lowest BCUT2D eigenvalue weighted by molar-refractivity contribution is -0.143. The van der Waals surface area contributed by atoms with Crippen molar-refractivity contribution >= 4 is 11.8 Å². The Hall–Kier alpha value is -2.02. The third-order valence-corrected chi connectivity index (χ3v) is 5.28. The van der Waals surface area contributed by atoms with Crippen LogP contribution in [0.1, 0.15) is 31.4 Å². The van der Waals surface area contributed by atoms with Crippen LogP contribution in [0.5, 0.6) is 0 Å². The number of nitrogens with zero attached hydrogens (tertiary/aromatic N) is 4. The van der Waals surface area contributed by atoms with Crippen LogP contribution in [0.2, 0.25) is 0 Å². The van der Waals surface area contributed by atoms with E-state index in [-0.39, 0.29) is 23.7 Å². The first kappa shape index (κ1) is 17.8. The highest BCUT2D eigenvalue weighted by atomic mass is 16.5. The highest BCUT2D eigenvalue weighted by Crippen LogP contribution is 2.38. The Labute approximate surface area is 148 Å². The minimum atomic E-state index is 0.0257. The summed E-state index contributed by atoms with van der Waals surface area (Å²) in [5.41, 5.74) is 0.727. The number of piperidine rings is 2. The van der Waals surface area contributed by atoms with Gasteiger partial charge in [0.15, 0.2) is 0 Å². The number of carbonyl (C=O) groups excluding carboxylic acids is 2. The van der Waals surface area contributed by atoms with Crippen LogP contribution in [0.25, 0.3) is 0 Å². The molecular weight excluding hydrogens is 320 g/mol. The summed E-state index contributed by atoms with van der Waals surface area (Å²) in [4.78, 5) is 36.9. The van der Waals surface area contributed by atoms with Crippen LogP contribution in [0, 0.1) is 5.41 Å². The average molecular weight is 346 g/mol. The maximum Gasteiger partial charge on any atom is 0.228 e. The molecule has 1 atom stereocenters. The van der Waals surface area contributed by atoms with Crippen molar-refractivity contribution in [2.45, 2.75) is 32.1 Å². The number of likely N-dealkylation sites (tertiary alicyclic amines) is 2. The first-order valence-electron chi connectivity index (χ1n) is 8.91. The molecule has 0 unspecified atom stereocenters. The molecule has 1 spiro atoms. The topological polar surface area (TPSA) is 75.6 Å². The largest absolute Gasteiger partial charge is 0.383 e. The van der Waals surface area contributed by atoms with E-state index in [0.717, 1.165) is 38.9 Å². The van der Waals surface area contributed by atoms with E-state index in [0.29, 0.717) is 25.3 Å². The van der Waals surface area contributed by atoms with Gasteiger partial charge in [-0.2, -0.15) is 0 Å². The van der Waals surface area contributed by atoms with Gasteiger partial charge in [-0.3, -0.25) is 19.6 Å². The second-order valence-electron chi connectivity index (χ2n) is 7.10. The predicted molar refractivity (Wildman–Crippen MR) is 91.7 cm³/mol. The molecule has 0 radical (unpaired) electrons. The van der Waals surface area contributed by atoms with Crippen LogP contribution in [0.15, 0.2) is 18.6 Å². The molecule has 25 heavy (non-hydrogen) atoms. The zero-order valence-corrected chi connectivity index (χ0v) is 14.8. The van der Waals surface area contributed by atoms with E-state index in [1.807, 2.05) is 9.80 Å². The summed E-state index contributed by atoms with van der Waals surface area (Å²) in [5, 5.41) is 0. The van der Waals surface area contributed by atoms with Crippen molar-refractivity contribution in [2.75, 3.05) is 39.9 Å². The fourth-order valence-electron chi connectivity index (χ4n) is 3.95. The van der Waals surface area contributed by atoms with Gasteiger partial charge in [-0.1, -0.05) is 0 Å². The van der Waals surface area contributed by atoms with Gasteiger partial charge >= 0.3 is 0 Å². The van der Waals surface area contributed by atoms with Gasteiger partial charge in [0.1, 0.15) is 0 Å². The van der Waals surface area contributed by atoms with Gasteiger partial charge in [0.2, 0.25) is 11.8 Å². The van der Waals surface area contributed by atoms with Crippen molar-refractivity contribution in [3.63, 3.8) is 0 Å². The zero-order valence-electron chi connectivity index (χ0n) is 14.8. The number of hydrogen-bond acceptors (Lipinski definition) is 5. The molecule has 0 aromatic carbocycles. The van der Waals surface area contributed by atoms with Crippen LogP contribution >= 0.6 is 0 Å². The van der Waals surface area contributed by atoms with Crippen molar-refractivity contribution in [1.82, 2.24) is 19.8 Å². The van der Waals surface area contributed by atoms with Crippen LogP contribution in [-0.2, 0) is 20.7 Å². The van der Waals surface area contributed by atoms with Gasteiger partial charge in [-0.05, 0) is 19.3 Å². The first-order chi connectivity index (χ1) is 12.1. The van der Waals surface area contributed by atoms with Crippen molar-refractivity contribution in [1.29, 1.82) is 0 Å². The van der Waals surface area contributed by atoms with E-state index in [9.17, 15) is 9.59 Å². The summed E-state index contributed by atoms with van der Waals surface area (Å²) in [5.74, 6) is 0.297. The molecular formula is C18H26N4O3. The summed E-state index contributed by atoms with van der Waals surface area (Å²) >= 11 is 0. The average Bonchev–Trinajstić information content (AvgIpc) is 2.64. The molecule has 0 bridgehead atoms. The van der Waals surface area contributed by atoms with Gasteiger partial charge in [0.25, 0.3) is 0 Å². The summed E-state index contributed by atoms with van der Waals surface area (Å²) in [6.45, 7) is 3.42. The molecule has 2 aliphatic rings. The van der Waals surface area contributed by atoms with Crippen LogP contribution in [0.4, 0.5) is 0 Å². The second kappa shape index (κ2) is 7.91. The zero-order chi connectivity index (χ0) is 17.7. The van der Waals surface area contributed by atoms with Gasteiger partial charge in [0, 0.05) is 63.7 Å². The molecule has 2 amide bonds. The Balaban J connectivity index is 1.63. The fraction of sp³-hybridized carbons (Fsp3) is 0.667. The van der Waals surface area contributed by atoms with Crippen molar-refractivity contribution in [2.24, 2.45) is 5.41 Å². The molecule has 2 saturated heterocycles. The van der Waals surface area contributed by atoms with E-state index in [1.54, 1.807) is 25.7 Å². The molecule has 1 aromatic rings. The third-order valence-electron chi connectivity index (χ3n) is 5.28. The molecule has 1 aromatic heterocycles.